The van der Waals surface area contributed by atoms with Gasteiger partial charge in [0.1, 0.15) is 5.82 Å². The number of likely N-dealkylation sites (N-methyl/N-ethyl adjacent to an activating group) is 1. The molecule has 2 aliphatic rings. The van der Waals surface area contributed by atoms with Crippen LogP contribution in [-0.4, -0.2) is 48.1 Å². The lowest BCUT2D eigenvalue weighted by Gasteiger charge is -2.45. The number of aromatic nitrogens is 1. The van der Waals surface area contributed by atoms with Crippen LogP contribution < -0.4 is 10.2 Å². The standard InChI is InChI=1S/C16H26N4/c1-16(2)12-20(9-8-19(16)3)15-10-13(6-7-17-15)11-18-14-4-5-14/h6-7,10,14,18H,4-5,8-9,11-12H2,1-3H3. The lowest BCUT2D eigenvalue weighted by atomic mass is 10.00. The molecule has 4 nitrogen and oxygen atoms in total. The molecule has 0 aromatic carbocycles. The van der Waals surface area contributed by atoms with Gasteiger partial charge in [0.25, 0.3) is 0 Å². The van der Waals surface area contributed by atoms with E-state index in [9.17, 15) is 0 Å². The Morgan fingerprint density at radius 1 is 1.35 bits per heavy atom. The number of piperazine rings is 1. The summed E-state index contributed by atoms with van der Waals surface area (Å²) in [5.74, 6) is 1.13. The molecule has 110 valence electrons. The van der Waals surface area contributed by atoms with Crippen LogP contribution in [0.1, 0.15) is 32.3 Å². The van der Waals surface area contributed by atoms with E-state index in [4.69, 9.17) is 0 Å². The molecule has 1 aromatic heterocycles. The summed E-state index contributed by atoms with van der Waals surface area (Å²) in [5, 5.41) is 3.57. The molecule has 1 aromatic rings. The van der Waals surface area contributed by atoms with E-state index in [1.165, 1.54) is 18.4 Å². The largest absolute Gasteiger partial charge is 0.353 e. The third-order valence-corrected chi connectivity index (χ3v) is 4.62. The van der Waals surface area contributed by atoms with Gasteiger partial charge in [-0.2, -0.15) is 0 Å². The van der Waals surface area contributed by atoms with Gasteiger partial charge in [0.2, 0.25) is 0 Å². The molecule has 0 amide bonds. The highest BCUT2D eigenvalue weighted by Crippen LogP contribution is 2.24. The molecule has 2 heterocycles. The zero-order valence-corrected chi connectivity index (χ0v) is 12.9. The minimum Gasteiger partial charge on any atom is -0.353 e. The number of pyridine rings is 1. The Bertz CT molecular complexity index is 467. The summed E-state index contributed by atoms with van der Waals surface area (Å²) in [7, 11) is 2.21. The molecule has 1 aliphatic heterocycles. The predicted octanol–water partition coefficient (Wildman–Crippen LogP) is 1.86. The van der Waals surface area contributed by atoms with Crippen molar-refractivity contribution in [2.45, 2.75) is 44.8 Å². The van der Waals surface area contributed by atoms with Crippen LogP contribution >= 0.6 is 0 Å². The maximum Gasteiger partial charge on any atom is 0.128 e. The summed E-state index contributed by atoms with van der Waals surface area (Å²) in [6.07, 6.45) is 4.62. The van der Waals surface area contributed by atoms with E-state index in [-0.39, 0.29) is 5.54 Å². The smallest absolute Gasteiger partial charge is 0.128 e. The lowest BCUT2D eigenvalue weighted by molar-refractivity contribution is 0.138. The highest BCUT2D eigenvalue weighted by Gasteiger charge is 2.31. The molecule has 0 radical (unpaired) electrons. The van der Waals surface area contributed by atoms with Crippen molar-refractivity contribution in [1.29, 1.82) is 0 Å². The van der Waals surface area contributed by atoms with Crippen LogP contribution in [0.15, 0.2) is 18.3 Å². The van der Waals surface area contributed by atoms with Crippen molar-refractivity contribution in [1.82, 2.24) is 15.2 Å². The Hall–Kier alpha value is -1.13. The number of nitrogens with zero attached hydrogens (tertiary/aromatic N) is 3. The highest BCUT2D eigenvalue weighted by atomic mass is 15.3. The summed E-state index contributed by atoms with van der Waals surface area (Å²) in [5.41, 5.74) is 1.56. The fourth-order valence-electron chi connectivity index (χ4n) is 2.73. The molecule has 0 unspecified atom stereocenters. The molecule has 0 spiro atoms. The summed E-state index contributed by atoms with van der Waals surface area (Å²) in [6, 6.07) is 5.13. The average Bonchev–Trinajstić information content (AvgIpc) is 3.24. The van der Waals surface area contributed by atoms with Crippen molar-refractivity contribution in [3.05, 3.63) is 23.9 Å². The van der Waals surface area contributed by atoms with Gasteiger partial charge in [0, 0.05) is 44.0 Å². The van der Waals surface area contributed by atoms with E-state index in [1.54, 1.807) is 0 Å². The van der Waals surface area contributed by atoms with Gasteiger partial charge in [0.05, 0.1) is 0 Å². The van der Waals surface area contributed by atoms with E-state index in [0.717, 1.165) is 38.0 Å². The van der Waals surface area contributed by atoms with Crippen LogP contribution in [0.4, 0.5) is 5.82 Å². The summed E-state index contributed by atoms with van der Waals surface area (Å²) in [4.78, 5) is 9.43. The number of anilines is 1. The molecular formula is C16H26N4. The van der Waals surface area contributed by atoms with Crippen LogP contribution in [0, 0.1) is 0 Å². The van der Waals surface area contributed by atoms with E-state index >= 15 is 0 Å². The lowest BCUT2D eigenvalue weighted by Crippen LogP contribution is -2.57. The molecule has 0 atom stereocenters. The average molecular weight is 274 g/mol. The molecule has 0 bridgehead atoms. The topological polar surface area (TPSA) is 31.4 Å². The molecule has 4 heteroatoms. The van der Waals surface area contributed by atoms with Gasteiger partial charge in [-0.1, -0.05) is 0 Å². The van der Waals surface area contributed by atoms with Gasteiger partial charge < -0.3 is 10.2 Å². The zero-order chi connectivity index (χ0) is 14.2. The first-order chi connectivity index (χ1) is 9.54. The van der Waals surface area contributed by atoms with Crippen molar-refractivity contribution in [2.75, 3.05) is 31.6 Å². The molecule has 1 saturated carbocycles. The minimum atomic E-state index is 0.211. The van der Waals surface area contributed by atoms with E-state index in [0.29, 0.717) is 0 Å². The first-order valence-corrected chi connectivity index (χ1v) is 7.69. The summed E-state index contributed by atoms with van der Waals surface area (Å²) >= 11 is 0. The number of hydrogen-bond donors (Lipinski definition) is 1. The summed E-state index contributed by atoms with van der Waals surface area (Å²) in [6.45, 7) is 8.77. The van der Waals surface area contributed by atoms with Crippen molar-refractivity contribution >= 4 is 5.82 Å². The van der Waals surface area contributed by atoms with Gasteiger partial charge in [-0.05, 0) is 51.4 Å². The van der Waals surface area contributed by atoms with Crippen LogP contribution in [0.25, 0.3) is 0 Å². The molecule has 1 N–H and O–H groups in total. The molecule has 1 aliphatic carbocycles. The van der Waals surface area contributed by atoms with E-state index in [2.05, 4.69) is 53.1 Å². The normalized spacial score (nSPS) is 23.1. The molecule has 2 fully saturated rings. The third-order valence-electron chi connectivity index (χ3n) is 4.62. The van der Waals surface area contributed by atoms with Gasteiger partial charge in [-0.25, -0.2) is 4.98 Å². The maximum absolute atomic E-state index is 4.58. The molecule has 20 heavy (non-hydrogen) atoms. The van der Waals surface area contributed by atoms with Gasteiger partial charge in [-0.15, -0.1) is 0 Å². The second-order valence-corrected chi connectivity index (χ2v) is 6.83. The van der Waals surface area contributed by atoms with Crippen LogP contribution in [0.3, 0.4) is 0 Å². The van der Waals surface area contributed by atoms with Crippen molar-refractivity contribution in [2.24, 2.45) is 0 Å². The monoisotopic (exact) mass is 274 g/mol. The van der Waals surface area contributed by atoms with Crippen LogP contribution in [0.2, 0.25) is 0 Å². The van der Waals surface area contributed by atoms with Crippen molar-refractivity contribution in [3.63, 3.8) is 0 Å². The second kappa shape index (κ2) is 5.34. The first-order valence-electron chi connectivity index (χ1n) is 7.69. The molecular weight excluding hydrogens is 248 g/mol. The quantitative estimate of drug-likeness (QED) is 0.908. The number of hydrogen-bond acceptors (Lipinski definition) is 4. The number of nitrogens with one attached hydrogen (secondary N) is 1. The minimum absolute atomic E-state index is 0.211. The van der Waals surface area contributed by atoms with Crippen molar-refractivity contribution < 1.29 is 0 Å². The maximum atomic E-state index is 4.58. The Morgan fingerprint density at radius 2 is 2.15 bits per heavy atom. The zero-order valence-electron chi connectivity index (χ0n) is 12.9. The fourth-order valence-corrected chi connectivity index (χ4v) is 2.73. The van der Waals surface area contributed by atoms with Gasteiger partial charge >= 0.3 is 0 Å². The number of rotatable bonds is 4. The van der Waals surface area contributed by atoms with Crippen molar-refractivity contribution in [3.8, 4) is 0 Å². The summed E-state index contributed by atoms with van der Waals surface area (Å²) < 4.78 is 0. The Morgan fingerprint density at radius 3 is 2.85 bits per heavy atom. The fraction of sp³-hybridized carbons (Fsp3) is 0.688. The Labute approximate surface area is 122 Å². The van der Waals surface area contributed by atoms with Crippen LogP contribution in [-0.2, 0) is 6.54 Å². The van der Waals surface area contributed by atoms with Crippen LogP contribution in [0.5, 0.6) is 0 Å². The Kier molecular flexibility index (Phi) is 3.69. The second-order valence-electron chi connectivity index (χ2n) is 6.83. The van der Waals surface area contributed by atoms with Gasteiger partial charge in [-0.3, -0.25) is 4.90 Å². The predicted molar refractivity (Wildman–Crippen MR) is 83.0 cm³/mol. The SMILES string of the molecule is CN1CCN(c2cc(CNC3CC3)ccn2)CC1(C)C. The van der Waals surface area contributed by atoms with E-state index < -0.39 is 0 Å². The Balaban J connectivity index is 1.68. The highest BCUT2D eigenvalue weighted by molar-refractivity contribution is 5.42. The molecule has 3 rings (SSSR count). The van der Waals surface area contributed by atoms with E-state index in [1.807, 2.05) is 6.20 Å². The van der Waals surface area contributed by atoms with Gasteiger partial charge in [0.15, 0.2) is 0 Å². The molecule has 1 saturated heterocycles. The first kappa shape index (κ1) is 13.8. The third kappa shape index (κ3) is 3.13.